The van der Waals surface area contributed by atoms with E-state index in [-0.39, 0.29) is 12.0 Å². The topological polar surface area (TPSA) is 35.5 Å². The summed E-state index contributed by atoms with van der Waals surface area (Å²) in [6.07, 6.45) is 4.01. The predicted octanol–water partition coefficient (Wildman–Crippen LogP) is 5.76. The molecule has 0 saturated heterocycles. The summed E-state index contributed by atoms with van der Waals surface area (Å²) in [6.45, 7) is 4.30. The van der Waals surface area contributed by atoms with Gasteiger partial charge in [0.15, 0.2) is 0 Å². The number of benzene rings is 2. The molecule has 0 atom stereocenters. The first-order valence-corrected chi connectivity index (χ1v) is 9.68. The summed E-state index contributed by atoms with van der Waals surface area (Å²) in [5.74, 6) is -0.255. The minimum atomic E-state index is -3.08. The summed E-state index contributed by atoms with van der Waals surface area (Å²) < 4.78 is 36.3. The summed E-state index contributed by atoms with van der Waals surface area (Å²) in [7, 11) is -3.08. The zero-order chi connectivity index (χ0) is 17.4. The van der Waals surface area contributed by atoms with Crippen LogP contribution in [0, 0.1) is 5.82 Å². The van der Waals surface area contributed by atoms with Crippen LogP contribution in [-0.2, 0) is 19.8 Å². The minimum Gasteiger partial charge on any atom is -0.309 e. The van der Waals surface area contributed by atoms with Gasteiger partial charge in [0.25, 0.3) is 0 Å². The van der Waals surface area contributed by atoms with Crippen molar-refractivity contribution in [1.29, 1.82) is 0 Å². The van der Waals surface area contributed by atoms with Gasteiger partial charge in [-0.1, -0.05) is 48.6 Å². The lowest BCUT2D eigenvalue weighted by Crippen LogP contribution is -1.99. The van der Waals surface area contributed by atoms with Crippen molar-refractivity contribution in [2.75, 3.05) is 13.2 Å². The molecule has 2 aromatic carbocycles. The van der Waals surface area contributed by atoms with Crippen molar-refractivity contribution in [2.45, 2.75) is 20.0 Å². The molecule has 0 radical (unpaired) electrons. The molecule has 0 aromatic heterocycles. The van der Waals surface area contributed by atoms with Crippen molar-refractivity contribution in [3.63, 3.8) is 0 Å². The Bertz CT molecular complexity index is 716. The van der Waals surface area contributed by atoms with Gasteiger partial charge in [-0.3, -0.25) is 4.57 Å². The first-order chi connectivity index (χ1) is 11.5. The Balaban J connectivity index is 2.06. The first-order valence-electron chi connectivity index (χ1n) is 7.95. The van der Waals surface area contributed by atoms with Crippen LogP contribution in [0.2, 0.25) is 0 Å². The molecule has 0 spiro atoms. The fourth-order valence-electron chi connectivity index (χ4n) is 2.28. The molecule has 0 aliphatic heterocycles. The molecule has 2 rings (SSSR count). The zero-order valence-electron chi connectivity index (χ0n) is 13.9. The Morgan fingerprint density at radius 2 is 1.58 bits per heavy atom. The zero-order valence-corrected chi connectivity index (χ0v) is 14.8. The fourth-order valence-corrected chi connectivity index (χ4v) is 3.98. The van der Waals surface area contributed by atoms with E-state index < -0.39 is 7.60 Å². The molecule has 24 heavy (non-hydrogen) atoms. The van der Waals surface area contributed by atoms with Crippen molar-refractivity contribution in [1.82, 2.24) is 0 Å². The Labute approximate surface area is 142 Å². The summed E-state index contributed by atoms with van der Waals surface area (Å²) in [5, 5.41) is 0. The second kappa shape index (κ2) is 8.93. The van der Waals surface area contributed by atoms with Gasteiger partial charge >= 0.3 is 7.60 Å². The van der Waals surface area contributed by atoms with Crippen LogP contribution >= 0.6 is 7.60 Å². The first kappa shape index (κ1) is 18.6. The molecule has 0 heterocycles. The summed E-state index contributed by atoms with van der Waals surface area (Å²) in [5.41, 5.74) is 2.67. The van der Waals surface area contributed by atoms with E-state index in [0.29, 0.717) is 13.2 Å². The quantitative estimate of drug-likeness (QED) is 0.449. The highest BCUT2D eigenvalue weighted by Crippen LogP contribution is 2.51. The third-order valence-electron chi connectivity index (χ3n) is 3.32. The molecule has 5 heteroatoms. The van der Waals surface area contributed by atoms with Crippen LogP contribution < -0.4 is 0 Å². The van der Waals surface area contributed by atoms with Gasteiger partial charge in [-0.25, -0.2) is 4.39 Å². The van der Waals surface area contributed by atoms with Gasteiger partial charge in [-0.05, 0) is 42.7 Å². The fraction of sp³-hybridized carbons (Fsp3) is 0.263. The third kappa shape index (κ3) is 5.72. The van der Waals surface area contributed by atoms with Gasteiger partial charge in [0.05, 0.1) is 19.4 Å². The average Bonchev–Trinajstić information content (AvgIpc) is 2.54. The molecule has 0 fully saturated rings. The molecular weight excluding hydrogens is 326 g/mol. The molecular formula is C19H22FO3P. The van der Waals surface area contributed by atoms with E-state index in [0.717, 1.165) is 16.7 Å². The largest absolute Gasteiger partial charge is 0.335 e. The van der Waals surface area contributed by atoms with E-state index in [9.17, 15) is 8.96 Å². The maximum atomic E-state index is 13.1. The second-order valence-corrected chi connectivity index (χ2v) is 7.29. The van der Waals surface area contributed by atoms with Crippen molar-refractivity contribution in [3.05, 3.63) is 71.0 Å². The maximum Gasteiger partial charge on any atom is 0.335 e. The highest BCUT2D eigenvalue weighted by molar-refractivity contribution is 7.53. The Kier molecular flexibility index (Phi) is 6.92. The molecule has 0 unspecified atom stereocenters. The van der Waals surface area contributed by atoms with Crippen LogP contribution in [0.5, 0.6) is 0 Å². The van der Waals surface area contributed by atoms with Crippen LogP contribution in [0.4, 0.5) is 4.39 Å². The van der Waals surface area contributed by atoms with Crippen molar-refractivity contribution < 1.29 is 18.0 Å². The van der Waals surface area contributed by atoms with E-state index in [1.54, 1.807) is 19.9 Å². The molecule has 3 nitrogen and oxygen atoms in total. The average molecular weight is 348 g/mol. The van der Waals surface area contributed by atoms with Crippen LogP contribution in [0.15, 0.2) is 48.5 Å². The lowest BCUT2D eigenvalue weighted by atomic mass is 10.1. The predicted molar refractivity (Wildman–Crippen MR) is 96.3 cm³/mol. The van der Waals surface area contributed by atoms with E-state index in [1.165, 1.54) is 12.1 Å². The maximum absolute atomic E-state index is 13.1. The number of hydrogen-bond donors (Lipinski definition) is 0. The van der Waals surface area contributed by atoms with E-state index in [2.05, 4.69) is 0 Å². The molecule has 0 bridgehead atoms. The van der Waals surface area contributed by atoms with Gasteiger partial charge in [0, 0.05) is 0 Å². The van der Waals surface area contributed by atoms with E-state index in [1.807, 2.05) is 42.5 Å². The number of rotatable bonds is 8. The van der Waals surface area contributed by atoms with Gasteiger partial charge < -0.3 is 9.05 Å². The van der Waals surface area contributed by atoms with Crippen LogP contribution in [0.25, 0.3) is 12.2 Å². The van der Waals surface area contributed by atoms with Gasteiger partial charge in [0.1, 0.15) is 5.82 Å². The second-order valence-electron chi connectivity index (χ2n) is 5.23. The third-order valence-corrected chi connectivity index (χ3v) is 5.38. The number of halogens is 1. The molecule has 128 valence electrons. The minimum absolute atomic E-state index is 0.253. The van der Waals surface area contributed by atoms with Crippen molar-refractivity contribution in [2.24, 2.45) is 0 Å². The molecule has 2 aromatic rings. The molecule has 0 saturated carbocycles. The molecule has 0 N–H and O–H groups in total. The highest BCUT2D eigenvalue weighted by Gasteiger charge is 2.23. The van der Waals surface area contributed by atoms with Gasteiger partial charge in [-0.15, -0.1) is 0 Å². The smallest absolute Gasteiger partial charge is 0.309 e. The Hall–Kier alpha value is -1.74. The van der Waals surface area contributed by atoms with Crippen LogP contribution in [-0.4, -0.2) is 13.2 Å². The lowest BCUT2D eigenvalue weighted by molar-refractivity contribution is 0.219. The highest BCUT2D eigenvalue weighted by atomic mass is 31.2. The van der Waals surface area contributed by atoms with Crippen LogP contribution in [0.1, 0.15) is 30.5 Å². The van der Waals surface area contributed by atoms with Gasteiger partial charge in [0.2, 0.25) is 0 Å². The number of hydrogen-bond acceptors (Lipinski definition) is 3. The van der Waals surface area contributed by atoms with E-state index >= 15 is 0 Å². The van der Waals surface area contributed by atoms with E-state index in [4.69, 9.17) is 9.05 Å². The Morgan fingerprint density at radius 1 is 0.958 bits per heavy atom. The van der Waals surface area contributed by atoms with Crippen LogP contribution in [0.3, 0.4) is 0 Å². The summed E-state index contributed by atoms with van der Waals surface area (Å²) >= 11 is 0. The summed E-state index contributed by atoms with van der Waals surface area (Å²) in [4.78, 5) is 0. The molecule has 0 aliphatic rings. The summed E-state index contributed by atoms with van der Waals surface area (Å²) in [6, 6.07) is 14.1. The molecule has 0 amide bonds. The Morgan fingerprint density at radius 3 is 2.17 bits per heavy atom. The molecule has 0 aliphatic carbocycles. The lowest BCUT2D eigenvalue weighted by Gasteiger charge is -2.16. The van der Waals surface area contributed by atoms with Crippen molar-refractivity contribution in [3.8, 4) is 0 Å². The SMILES string of the molecule is CCOP(=O)(Cc1ccc(/C=C/c2cccc(F)c2)cc1)OCC. The van der Waals surface area contributed by atoms with Gasteiger partial charge in [-0.2, -0.15) is 0 Å². The van der Waals surface area contributed by atoms with Crippen molar-refractivity contribution >= 4 is 19.7 Å². The monoisotopic (exact) mass is 348 g/mol. The normalized spacial score (nSPS) is 12.0. The standard InChI is InChI=1S/C19H22FO3P/c1-3-22-24(21,23-4-2)15-18-12-9-16(10-13-18)8-11-17-6-5-7-19(20)14-17/h5-14H,3-4,15H2,1-2H3/b11-8+.